The predicted octanol–water partition coefficient (Wildman–Crippen LogP) is 7.87. The van der Waals surface area contributed by atoms with E-state index in [2.05, 4.69) is 41.1 Å². The van der Waals surface area contributed by atoms with Gasteiger partial charge in [0.05, 0.1) is 23.4 Å². The van der Waals surface area contributed by atoms with Crippen molar-refractivity contribution in [1.29, 1.82) is 0 Å². The molecule has 1 heterocycles. The molecule has 0 spiro atoms. The number of fused-ring (bicyclic) bond motifs is 1. The van der Waals surface area contributed by atoms with E-state index in [1.165, 1.54) is 0 Å². The molecule has 0 bridgehead atoms. The van der Waals surface area contributed by atoms with Crippen LogP contribution in [-0.2, 0) is 28.6 Å². The van der Waals surface area contributed by atoms with E-state index in [-0.39, 0.29) is 22.7 Å². The number of aliphatic hydroxyl groups excluding tert-OH is 1. The number of aliphatic hydroxyl groups is 1. The summed E-state index contributed by atoms with van der Waals surface area (Å²) in [5.74, 6) is 0.610. The van der Waals surface area contributed by atoms with Crippen LogP contribution in [0.5, 0.6) is 5.75 Å². The van der Waals surface area contributed by atoms with Crippen molar-refractivity contribution in [1.82, 2.24) is 0 Å². The number of benzene rings is 3. The number of nitrogens with zero attached hydrogens (tertiary/aromatic N) is 3. The number of hydrogen-bond donors (Lipinski definition) is 1. The Balaban J connectivity index is 0.00000380. The first kappa shape index (κ1) is 29.1. The molecule has 1 aliphatic rings. The molecule has 1 aliphatic heterocycles. The SMILES string of the molecule is CCN1\C(=C/C=N/N=C(\O)c2ccccc2)C(C)(Cc2cc(Cl)cc(Cl)c2Cl)c2cc(OC)ccc21.[Co]. The van der Waals surface area contributed by atoms with Crippen LogP contribution in [0.4, 0.5) is 5.69 Å². The number of methoxy groups -OCH3 is 1. The third-order valence-electron chi connectivity index (χ3n) is 6.36. The maximum absolute atomic E-state index is 10.2. The van der Waals surface area contributed by atoms with Gasteiger partial charge in [0.15, 0.2) is 0 Å². The van der Waals surface area contributed by atoms with Gasteiger partial charge in [-0.3, -0.25) is 0 Å². The van der Waals surface area contributed by atoms with Crippen molar-refractivity contribution in [3.05, 3.63) is 104 Å². The Labute approximate surface area is 242 Å². The van der Waals surface area contributed by atoms with Crippen molar-refractivity contribution in [3.8, 4) is 5.75 Å². The van der Waals surface area contributed by atoms with E-state index in [1.807, 2.05) is 36.4 Å². The number of halogens is 3. The first-order valence-electron chi connectivity index (χ1n) is 11.4. The van der Waals surface area contributed by atoms with Crippen LogP contribution >= 0.6 is 34.8 Å². The van der Waals surface area contributed by atoms with Crippen molar-refractivity contribution in [2.75, 3.05) is 18.6 Å². The zero-order valence-electron chi connectivity index (χ0n) is 20.5. The number of hydrogen-bond acceptors (Lipinski definition) is 4. The fraction of sp³-hybridized carbons (Fsp3) is 0.214. The molecule has 195 valence electrons. The summed E-state index contributed by atoms with van der Waals surface area (Å²) >= 11 is 19.3. The summed E-state index contributed by atoms with van der Waals surface area (Å²) in [5, 5.41) is 19.7. The van der Waals surface area contributed by atoms with E-state index in [0.29, 0.717) is 27.1 Å². The van der Waals surface area contributed by atoms with E-state index >= 15 is 0 Å². The van der Waals surface area contributed by atoms with E-state index in [4.69, 9.17) is 39.5 Å². The first-order chi connectivity index (χ1) is 17.3. The molecule has 9 heteroatoms. The number of likely N-dealkylation sites (N-methyl/N-ethyl adjacent to an activating group) is 1. The van der Waals surface area contributed by atoms with Gasteiger partial charge >= 0.3 is 0 Å². The average Bonchev–Trinajstić information content (AvgIpc) is 3.11. The van der Waals surface area contributed by atoms with Crippen molar-refractivity contribution in [2.45, 2.75) is 25.7 Å². The van der Waals surface area contributed by atoms with E-state index < -0.39 is 5.41 Å². The van der Waals surface area contributed by atoms with Gasteiger partial charge in [-0.25, -0.2) is 0 Å². The monoisotopic (exact) mass is 600 g/mol. The van der Waals surface area contributed by atoms with Gasteiger partial charge < -0.3 is 14.7 Å². The molecular weight excluding hydrogens is 576 g/mol. The minimum absolute atomic E-state index is 0. The van der Waals surface area contributed by atoms with Crippen LogP contribution < -0.4 is 9.64 Å². The molecule has 0 amide bonds. The second-order valence-electron chi connectivity index (χ2n) is 8.60. The molecule has 3 aromatic rings. The zero-order chi connectivity index (χ0) is 25.9. The summed E-state index contributed by atoms with van der Waals surface area (Å²) in [7, 11) is 1.65. The Bertz CT molecular complexity index is 1360. The topological polar surface area (TPSA) is 57.4 Å². The van der Waals surface area contributed by atoms with E-state index in [1.54, 1.807) is 31.5 Å². The van der Waals surface area contributed by atoms with Gasteiger partial charge in [0, 0.05) is 50.7 Å². The number of anilines is 1. The Hall–Kier alpha value is -2.48. The average molecular weight is 602 g/mol. The molecule has 0 saturated carbocycles. The van der Waals surface area contributed by atoms with Gasteiger partial charge in [0.2, 0.25) is 5.90 Å². The van der Waals surface area contributed by atoms with Gasteiger partial charge in [-0.05, 0) is 79.9 Å². The molecule has 1 unspecified atom stereocenters. The molecule has 1 radical (unpaired) electrons. The molecular formula is C28H26Cl3CoN3O2. The van der Waals surface area contributed by atoms with Crippen LogP contribution in [0.25, 0.3) is 0 Å². The molecule has 0 aliphatic carbocycles. The van der Waals surface area contributed by atoms with Gasteiger partial charge in [0.1, 0.15) is 5.75 Å². The molecule has 1 N–H and O–H groups in total. The maximum atomic E-state index is 10.2. The van der Waals surface area contributed by atoms with Crippen LogP contribution in [0.3, 0.4) is 0 Å². The van der Waals surface area contributed by atoms with Crippen LogP contribution in [-0.4, -0.2) is 30.9 Å². The third kappa shape index (κ3) is 6.00. The first-order valence-corrected chi connectivity index (χ1v) is 12.6. The van der Waals surface area contributed by atoms with Crippen LogP contribution in [0.2, 0.25) is 15.1 Å². The predicted molar refractivity (Wildman–Crippen MR) is 151 cm³/mol. The largest absolute Gasteiger partial charge is 0.497 e. The Morgan fingerprint density at radius 3 is 2.49 bits per heavy atom. The van der Waals surface area contributed by atoms with Crippen LogP contribution in [0.1, 0.15) is 30.5 Å². The summed E-state index contributed by atoms with van der Waals surface area (Å²) in [6.07, 6.45) is 4.05. The standard InChI is InChI=1S/C28H26Cl3N3O2.Co/c1-4-34-24-11-10-21(36-3)16-22(24)28(2,17-19-14-20(29)15-23(30)26(19)31)25(34)12-13-32-33-27(35)18-8-6-5-7-9-18;/h5-16H,4,17H2,1-3H3,(H,33,35);/b25-12-,32-13+;. The Morgan fingerprint density at radius 1 is 1.08 bits per heavy atom. The molecule has 1 atom stereocenters. The van der Waals surface area contributed by atoms with Gasteiger partial charge in [-0.1, -0.05) is 53.0 Å². The second kappa shape index (κ2) is 12.4. The van der Waals surface area contributed by atoms with Crippen LogP contribution in [0.15, 0.2) is 82.6 Å². The molecule has 0 fully saturated rings. The smallest absolute Gasteiger partial charge is 0.238 e. The molecule has 4 rings (SSSR count). The van der Waals surface area contributed by atoms with Gasteiger partial charge in [0.25, 0.3) is 0 Å². The molecule has 0 aromatic heterocycles. The van der Waals surface area contributed by atoms with E-state index in [0.717, 1.165) is 34.8 Å². The fourth-order valence-corrected chi connectivity index (χ4v) is 5.35. The summed E-state index contributed by atoms with van der Waals surface area (Å²) in [6.45, 7) is 4.97. The van der Waals surface area contributed by atoms with Crippen molar-refractivity contribution < 1.29 is 26.6 Å². The minimum atomic E-state index is -0.505. The summed E-state index contributed by atoms with van der Waals surface area (Å²) in [5.41, 5.74) is 4.08. The fourth-order valence-electron chi connectivity index (χ4n) is 4.64. The maximum Gasteiger partial charge on any atom is 0.238 e. The number of ether oxygens (including phenoxy) is 1. The molecule has 5 nitrogen and oxygen atoms in total. The summed E-state index contributed by atoms with van der Waals surface area (Å²) in [6, 6.07) is 18.6. The van der Waals surface area contributed by atoms with Crippen molar-refractivity contribution in [2.24, 2.45) is 10.2 Å². The van der Waals surface area contributed by atoms with E-state index in [9.17, 15) is 5.11 Å². The quantitative estimate of drug-likeness (QED) is 0.130. The van der Waals surface area contributed by atoms with Gasteiger partial charge in [-0.2, -0.15) is 5.10 Å². The molecule has 0 saturated heterocycles. The summed E-state index contributed by atoms with van der Waals surface area (Å²) in [4.78, 5) is 2.22. The molecule has 3 aromatic carbocycles. The zero-order valence-corrected chi connectivity index (χ0v) is 23.8. The second-order valence-corrected chi connectivity index (χ2v) is 9.82. The Kier molecular flexibility index (Phi) is 9.72. The molecule has 37 heavy (non-hydrogen) atoms. The van der Waals surface area contributed by atoms with Crippen molar-refractivity contribution in [3.63, 3.8) is 0 Å². The van der Waals surface area contributed by atoms with Crippen LogP contribution in [0, 0.1) is 0 Å². The Morgan fingerprint density at radius 2 is 1.81 bits per heavy atom. The number of allylic oxidation sites excluding steroid dienone is 2. The van der Waals surface area contributed by atoms with Crippen molar-refractivity contribution >= 4 is 52.6 Å². The van der Waals surface area contributed by atoms with Gasteiger partial charge in [-0.15, -0.1) is 5.10 Å². The number of rotatable bonds is 7. The normalized spacial score (nSPS) is 18.3. The third-order valence-corrected chi connectivity index (χ3v) is 7.42. The minimum Gasteiger partial charge on any atom is -0.497 e. The summed E-state index contributed by atoms with van der Waals surface area (Å²) < 4.78 is 5.54.